The molecule has 0 bridgehead atoms. The molecule has 0 spiro atoms. The van der Waals surface area contributed by atoms with Crippen LogP contribution < -0.4 is 4.72 Å². The standard InChI is InChI=1S/C18H21NO4S/c1-4-15-7-5-6-13(2)17(15)19-24(21,22)12-14-8-10-16(11-9-14)18(20)23-3/h5-11,19H,4,12H2,1-3H3. The fraction of sp³-hybridized carbons (Fsp3) is 0.278. The van der Waals surface area contributed by atoms with E-state index in [1.54, 1.807) is 24.3 Å². The van der Waals surface area contributed by atoms with Crippen LogP contribution in [0.4, 0.5) is 5.69 Å². The lowest BCUT2D eigenvalue weighted by atomic mass is 10.1. The molecule has 6 heteroatoms. The smallest absolute Gasteiger partial charge is 0.337 e. The number of para-hydroxylation sites is 1. The molecule has 1 N–H and O–H groups in total. The highest BCUT2D eigenvalue weighted by Gasteiger charge is 2.15. The van der Waals surface area contributed by atoms with E-state index in [2.05, 4.69) is 9.46 Å². The molecule has 0 saturated heterocycles. The van der Waals surface area contributed by atoms with Crippen molar-refractivity contribution in [3.05, 3.63) is 64.7 Å². The molecule has 0 aliphatic carbocycles. The van der Waals surface area contributed by atoms with Crippen molar-refractivity contribution in [2.24, 2.45) is 0 Å². The second kappa shape index (κ2) is 7.49. The molecule has 5 nitrogen and oxygen atoms in total. The quantitative estimate of drug-likeness (QED) is 0.814. The largest absolute Gasteiger partial charge is 0.465 e. The Kier molecular flexibility index (Phi) is 5.62. The van der Waals surface area contributed by atoms with Crippen molar-refractivity contribution < 1.29 is 17.9 Å². The maximum Gasteiger partial charge on any atom is 0.337 e. The maximum atomic E-state index is 12.5. The molecule has 128 valence electrons. The number of ether oxygens (including phenoxy) is 1. The van der Waals surface area contributed by atoms with Crippen molar-refractivity contribution in [1.82, 2.24) is 0 Å². The zero-order chi connectivity index (χ0) is 17.7. The Bertz CT molecular complexity index is 827. The zero-order valence-electron chi connectivity index (χ0n) is 14.0. The summed E-state index contributed by atoms with van der Waals surface area (Å²) in [5, 5.41) is 0. The van der Waals surface area contributed by atoms with E-state index in [0.717, 1.165) is 17.5 Å². The molecule has 0 atom stereocenters. The number of hydrogen-bond donors (Lipinski definition) is 1. The average Bonchev–Trinajstić information content (AvgIpc) is 2.56. The molecule has 0 fully saturated rings. The lowest BCUT2D eigenvalue weighted by Gasteiger charge is -2.14. The Hall–Kier alpha value is -2.34. The molecule has 0 unspecified atom stereocenters. The first-order valence-electron chi connectivity index (χ1n) is 7.62. The Balaban J connectivity index is 2.19. The molecule has 2 aromatic rings. The Morgan fingerprint density at radius 2 is 1.79 bits per heavy atom. The van der Waals surface area contributed by atoms with Crippen LogP contribution in [0.15, 0.2) is 42.5 Å². The monoisotopic (exact) mass is 347 g/mol. The highest BCUT2D eigenvalue weighted by atomic mass is 32.2. The van der Waals surface area contributed by atoms with Crippen LogP contribution in [0.3, 0.4) is 0 Å². The number of aryl methyl sites for hydroxylation is 2. The van der Waals surface area contributed by atoms with Gasteiger partial charge in [-0.2, -0.15) is 0 Å². The van der Waals surface area contributed by atoms with Gasteiger partial charge in [-0.3, -0.25) is 4.72 Å². The lowest BCUT2D eigenvalue weighted by molar-refractivity contribution is 0.0600. The van der Waals surface area contributed by atoms with Gasteiger partial charge in [0.05, 0.1) is 24.1 Å². The van der Waals surface area contributed by atoms with E-state index in [9.17, 15) is 13.2 Å². The van der Waals surface area contributed by atoms with Crippen LogP contribution in [0.25, 0.3) is 0 Å². The van der Waals surface area contributed by atoms with Crippen molar-refractivity contribution in [2.75, 3.05) is 11.8 Å². The highest BCUT2D eigenvalue weighted by Crippen LogP contribution is 2.23. The lowest BCUT2D eigenvalue weighted by Crippen LogP contribution is -2.17. The van der Waals surface area contributed by atoms with Gasteiger partial charge < -0.3 is 4.74 Å². The Labute approximate surface area is 142 Å². The number of nitrogens with one attached hydrogen (secondary N) is 1. The molecule has 0 aliphatic rings. The van der Waals surface area contributed by atoms with Gasteiger partial charge in [0.25, 0.3) is 0 Å². The summed E-state index contributed by atoms with van der Waals surface area (Å²) in [7, 11) is -2.24. The number of benzene rings is 2. The van der Waals surface area contributed by atoms with Crippen molar-refractivity contribution in [3.63, 3.8) is 0 Å². The van der Waals surface area contributed by atoms with Crippen LogP contribution in [0.2, 0.25) is 0 Å². The third kappa shape index (κ3) is 4.35. The van der Waals surface area contributed by atoms with E-state index in [1.165, 1.54) is 7.11 Å². The van der Waals surface area contributed by atoms with Crippen LogP contribution >= 0.6 is 0 Å². The Morgan fingerprint density at radius 3 is 2.38 bits per heavy atom. The first-order chi connectivity index (χ1) is 11.4. The molecule has 0 radical (unpaired) electrons. The Morgan fingerprint density at radius 1 is 1.12 bits per heavy atom. The maximum absolute atomic E-state index is 12.5. The highest BCUT2D eigenvalue weighted by molar-refractivity contribution is 7.91. The second-order valence-electron chi connectivity index (χ2n) is 5.51. The average molecular weight is 347 g/mol. The number of rotatable bonds is 6. The van der Waals surface area contributed by atoms with Crippen LogP contribution in [-0.4, -0.2) is 21.5 Å². The summed E-state index contributed by atoms with van der Waals surface area (Å²) in [6.45, 7) is 3.86. The number of hydrogen-bond acceptors (Lipinski definition) is 4. The second-order valence-corrected chi connectivity index (χ2v) is 7.23. The topological polar surface area (TPSA) is 72.5 Å². The van der Waals surface area contributed by atoms with E-state index in [1.807, 2.05) is 32.0 Å². The molecule has 0 heterocycles. The third-order valence-electron chi connectivity index (χ3n) is 3.73. The van der Waals surface area contributed by atoms with E-state index in [0.29, 0.717) is 16.8 Å². The fourth-order valence-electron chi connectivity index (χ4n) is 2.44. The fourth-order valence-corrected chi connectivity index (χ4v) is 3.74. The van der Waals surface area contributed by atoms with Crippen molar-refractivity contribution in [1.29, 1.82) is 0 Å². The van der Waals surface area contributed by atoms with Gasteiger partial charge in [-0.25, -0.2) is 13.2 Å². The van der Waals surface area contributed by atoms with E-state index in [-0.39, 0.29) is 5.75 Å². The van der Waals surface area contributed by atoms with Gasteiger partial charge in [0.1, 0.15) is 0 Å². The predicted molar refractivity (Wildman–Crippen MR) is 94.6 cm³/mol. The van der Waals surface area contributed by atoms with Gasteiger partial charge in [0.15, 0.2) is 0 Å². The van der Waals surface area contributed by atoms with Crippen LogP contribution in [0.1, 0.15) is 34.0 Å². The van der Waals surface area contributed by atoms with Gasteiger partial charge in [0, 0.05) is 0 Å². The summed E-state index contributed by atoms with van der Waals surface area (Å²) in [5.74, 6) is -0.610. The van der Waals surface area contributed by atoms with Gasteiger partial charge in [-0.1, -0.05) is 37.3 Å². The van der Waals surface area contributed by atoms with E-state index >= 15 is 0 Å². The first-order valence-corrected chi connectivity index (χ1v) is 9.27. The van der Waals surface area contributed by atoms with Crippen LogP contribution in [-0.2, 0) is 26.9 Å². The molecule has 0 aromatic heterocycles. The van der Waals surface area contributed by atoms with Crippen LogP contribution in [0.5, 0.6) is 0 Å². The molecule has 2 aromatic carbocycles. The summed E-state index contributed by atoms with van der Waals surface area (Å²) in [4.78, 5) is 11.4. The van der Waals surface area contributed by atoms with Gasteiger partial charge in [0.2, 0.25) is 10.0 Å². The molecule has 2 rings (SSSR count). The van der Waals surface area contributed by atoms with Gasteiger partial charge in [-0.05, 0) is 42.2 Å². The zero-order valence-corrected chi connectivity index (χ0v) is 14.8. The SMILES string of the molecule is CCc1cccc(C)c1NS(=O)(=O)Cc1ccc(C(=O)OC)cc1. The molecule has 24 heavy (non-hydrogen) atoms. The summed E-state index contributed by atoms with van der Waals surface area (Å²) in [5.41, 5.74) is 3.48. The third-order valence-corrected chi connectivity index (χ3v) is 4.96. The minimum Gasteiger partial charge on any atom is -0.465 e. The van der Waals surface area contributed by atoms with E-state index < -0.39 is 16.0 Å². The molecular formula is C18H21NO4S. The van der Waals surface area contributed by atoms with Gasteiger partial charge >= 0.3 is 5.97 Å². The summed E-state index contributed by atoms with van der Waals surface area (Å²) < 4.78 is 32.2. The number of carbonyl (C=O) groups excluding carboxylic acids is 1. The molecule has 0 aliphatic heterocycles. The number of esters is 1. The van der Waals surface area contributed by atoms with E-state index in [4.69, 9.17) is 0 Å². The minimum absolute atomic E-state index is 0.161. The number of anilines is 1. The van der Waals surface area contributed by atoms with Crippen molar-refractivity contribution >= 4 is 21.7 Å². The van der Waals surface area contributed by atoms with Crippen molar-refractivity contribution in [3.8, 4) is 0 Å². The summed E-state index contributed by atoms with van der Waals surface area (Å²) in [6.07, 6.45) is 0.743. The van der Waals surface area contributed by atoms with Gasteiger partial charge in [-0.15, -0.1) is 0 Å². The predicted octanol–water partition coefficient (Wildman–Crippen LogP) is 3.29. The molecule has 0 amide bonds. The van der Waals surface area contributed by atoms with Crippen LogP contribution in [0, 0.1) is 6.92 Å². The summed E-state index contributed by atoms with van der Waals surface area (Å²) >= 11 is 0. The molecular weight excluding hydrogens is 326 g/mol. The first kappa shape index (κ1) is 18.0. The minimum atomic E-state index is -3.55. The number of methoxy groups -OCH3 is 1. The van der Waals surface area contributed by atoms with Crippen molar-refractivity contribution in [2.45, 2.75) is 26.0 Å². The molecule has 0 saturated carbocycles. The number of sulfonamides is 1. The summed E-state index contributed by atoms with van der Waals surface area (Å²) in [6, 6.07) is 12.0. The normalized spacial score (nSPS) is 11.1. The number of carbonyl (C=O) groups is 1.